The summed E-state index contributed by atoms with van der Waals surface area (Å²) in [5.41, 5.74) is -0.854. The van der Waals surface area contributed by atoms with E-state index in [4.69, 9.17) is 18.5 Å². The van der Waals surface area contributed by atoms with E-state index in [9.17, 15) is 18.9 Å². The Morgan fingerprint density at radius 3 is 2.53 bits per heavy atom. The van der Waals surface area contributed by atoms with Gasteiger partial charge in [-0.1, -0.05) is 18.2 Å². The Balaban J connectivity index is 1.86. The van der Waals surface area contributed by atoms with Gasteiger partial charge in [-0.15, -0.1) is 0 Å². The second-order valence-corrected chi connectivity index (χ2v) is 8.47. The fraction of sp³-hybridized carbons (Fsp3) is 0.316. The molecule has 0 radical (unpaired) electrons. The average Bonchev–Trinajstić information content (AvgIpc) is 3.14. The van der Waals surface area contributed by atoms with Crippen LogP contribution >= 0.6 is 7.60 Å². The van der Waals surface area contributed by atoms with Crippen LogP contribution in [0.4, 0.5) is 0 Å². The maximum absolute atomic E-state index is 12.5. The number of H-pyrrole nitrogens is 1. The molecular formula is C19H21N2O8P. The molecule has 0 unspecified atom stereocenters. The normalized spacial score (nSPS) is 21.7. The van der Waals surface area contributed by atoms with Crippen LogP contribution in [0.3, 0.4) is 0 Å². The fourth-order valence-electron chi connectivity index (χ4n) is 2.94. The maximum Gasteiger partial charge on any atom is 0.353 e. The third-order valence-corrected chi connectivity index (χ3v) is 6.07. The summed E-state index contributed by atoms with van der Waals surface area (Å²) >= 11 is 0. The van der Waals surface area contributed by atoms with Gasteiger partial charge in [-0.2, -0.15) is 0 Å². The SMILES string of the molecule is COP(=O)(/C=C/[C@H]1O[C@@H](n2ccc(=O)[nH]c2=O)C[C@@H]1OC(=O)c1ccccc1)OC. The summed E-state index contributed by atoms with van der Waals surface area (Å²) in [7, 11) is -1.01. The number of carbonyl (C=O) groups excluding carboxylic acids is 1. The van der Waals surface area contributed by atoms with Crippen LogP contribution in [0, 0.1) is 0 Å². The maximum atomic E-state index is 12.5. The fourth-order valence-corrected chi connectivity index (χ4v) is 3.71. The van der Waals surface area contributed by atoms with Gasteiger partial charge in [0.15, 0.2) is 0 Å². The van der Waals surface area contributed by atoms with E-state index in [1.54, 1.807) is 30.3 Å². The number of nitrogens with zero attached hydrogens (tertiary/aromatic N) is 1. The summed E-state index contributed by atoms with van der Waals surface area (Å²) in [6.07, 6.45) is 0.391. The number of nitrogens with one attached hydrogen (secondary N) is 1. The molecule has 10 nitrogen and oxygen atoms in total. The Kier molecular flexibility index (Phi) is 6.84. The molecule has 1 aliphatic heterocycles. The molecule has 0 saturated carbocycles. The van der Waals surface area contributed by atoms with Crippen molar-refractivity contribution in [3.8, 4) is 0 Å². The van der Waals surface area contributed by atoms with Gasteiger partial charge >= 0.3 is 19.3 Å². The third kappa shape index (κ3) is 5.03. The zero-order valence-corrected chi connectivity index (χ0v) is 17.2. The topological polar surface area (TPSA) is 126 Å². The second-order valence-electron chi connectivity index (χ2n) is 6.36. The summed E-state index contributed by atoms with van der Waals surface area (Å²) in [5.74, 6) is 0.637. The summed E-state index contributed by atoms with van der Waals surface area (Å²) in [6.45, 7) is 0. The van der Waals surface area contributed by atoms with E-state index < -0.39 is 43.2 Å². The molecule has 0 aliphatic carbocycles. The van der Waals surface area contributed by atoms with Crippen molar-refractivity contribution in [3.05, 3.63) is 80.9 Å². The molecule has 1 aromatic heterocycles. The second kappa shape index (κ2) is 9.36. The van der Waals surface area contributed by atoms with Crippen molar-refractivity contribution < 1.29 is 27.9 Å². The van der Waals surface area contributed by atoms with Gasteiger partial charge in [-0.25, -0.2) is 9.59 Å². The van der Waals surface area contributed by atoms with E-state index in [1.165, 1.54) is 42.9 Å². The Hall–Kier alpha value is -2.78. The van der Waals surface area contributed by atoms with E-state index >= 15 is 0 Å². The number of ether oxygens (including phenoxy) is 2. The first kappa shape index (κ1) is 21.9. The van der Waals surface area contributed by atoms with Crippen LogP contribution in [0.15, 0.2) is 64.1 Å². The predicted octanol–water partition coefficient (Wildman–Crippen LogP) is 2.05. The van der Waals surface area contributed by atoms with Crippen molar-refractivity contribution in [2.75, 3.05) is 14.2 Å². The zero-order chi connectivity index (χ0) is 21.7. The predicted molar refractivity (Wildman–Crippen MR) is 106 cm³/mol. The number of hydrogen-bond acceptors (Lipinski definition) is 8. The van der Waals surface area contributed by atoms with Gasteiger partial charge in [0.25, 0.3) is 5.56 Å². The smallest absolute Gasteiger partial charge is 0.353 e. The quantitative estimate of drug-likeness (QED) is 0.516. The molecule has 0 bridgehead atoms. The molecule has 0 amide bonds. The number of carbonyl (C=O) groups is 1. The largest absolute Gasteiger partial charge is 0.455 e. The van der Waals surface area contributed by atoms with Crippen LogP contribution in [0.2, 0.25) is 0 Å². The molecule has 3 atom stereocenters. The van der Waals surface area contributed by atoms with E-state index in [0.717, 1.165) is 0 Å². The molecule has 1 aromatic carbocycles. The van der Waals surface area contributed by atoms with Crippen molar-refractivity contribution in [1.29, 1.82) is 0 Å². The number of aromatic amines is 1. The lowest BCUT2D eigenvalue weighted by Gasteiger charge is -2.17. The van der Waals surface area contributed by atoms with Crippen LogP contribution < -0.4 is 11.2 Å². The molecule has 30 heavy (non-hydrogen) atoms. The Morgan fingerprint density at radius 1 is 1.20 bits per heavy atom. The van der Waals surface area contributed by atoms with Gasteiger partial charge in [0.2, 0.25) is 0 Å². The molecule has 1 aliphatic rings. The number of aromatic nitrogens is 2. The number of esters is 1. The summed E-state index contributed by atoms with van der Waals surface area (Å²) < 4.78 is 34.7. The average molecular weight is 436 g/mol. The molecule has 3 rings (SSSR count). The first-order chi connectivity index (χ1) is 14.3. The van der Waals surface area contributed by atoms with Gasteiger partial charge in [0.1, 0.15) is 18.4 Å². The molecule has 0 spiro atoms. The minimum Gasteiger partial charge on any atom is -0.455 e. The lowest BCUT2D eigenvalue weighted by Crippen LogP contribution is -2.31. The molecule has 2 heterocycles. The summed E-state index contributed by atoms with van der Waals surface area (Å²) in [6, 6.07) is 9.58. The van der Waals surface area contributed by atoms with E-state index in [1.807, 2.05) is 0 Å². The zero-order valence-electron chi connectivity index (χ0n) is 16.3. The molecule has 11 heteroatoms. The molecule has 160 valence electrons. The Labute approximate surface area is 171 Å². The van der Waals surface area contributed by atoms with Crippen molar-refractivity contribution in [2.24, 2.45) is 0 Å². The van der Waals surface area contributed by atoms with Gasteiger partial charge < -0.3 is 18.5 Å². The van der Waals surface area contributed by atoms with Crippen LogP contribution in [0.25, 0.3) is 0 Å². The van der Waals surface area contributed by atoms with Crippen LogP contribution in [0.5, 0.6) is 0 Å². The van der Waals surface area contributed by atoms with Gasteiger partial charge in [-0.3, -0.25) is 18.9 Å². The standard InChI is InChI=1S/C19H21N2O8P/c1-26-30(25,27-2)11-9-14-15(29-18(23)13-6-4-3-5-7-13)12-17(28-14)21-10-8-16(22)20-19(21)24/h3-11,14-15,17H,12H2,1-2H3,(H,20,22,24)/b11-9+/t14-,15+,17-/m1/s1. The van der Waals surface area contributed by atoms with Gasteiger partial charge in [0, 0.05) is 38.7 Å². The van der Waals surface area contributed by atoms with E-state index in [-0.39, 0.29) is 6.42 Å². The number of rotatable bonds is 7. The van der Waals surface area contributed by atoms with Gasteiger partial charge in [-0.05, 0) is 18.2 Å². The minimum atomic E-state index is -3.48. The van der Waals surface area contributed by atoms with Crippen molar-refractivity contribution in [2.45, 2.75) is 24.9 Å². The highest BCUT2D eigenvalue weighted by Gasteiger charge is 2.38. The highest BCUT2D eigenvalue weighted by atomic mass is 31.2. The van der Waals surface area contributed by atoms with Crippen LogP contribution in [-0.2, 0) is 23.1 Å². The number of benzene rings is 1. The van der Waals surface area contributed by atoms with Gasteiger partial charge in [0.05, 0.1) is 5.56 Å². The lowest BCUT2D eigenvalue weighted by atomic mass is 10.1. The Morgan fingerprint density at radius 2 is 1.90 bits per heavy atom. The highest BCUT2D eigenvalue weighted by Crippen LogP contribution is 2.48. The highest BCUT2D eigenvalue weighted by molar-refractivity contribution is 7.57. The first-order valence-electron chi connectivity index (χ1n) is 8.99. The molecular weight excluding hydrogens is 415 g/mol. The molecule has 1 fully saturated rings. The van der Waals surface area contributed by atoms with E-state index in [2.05, 4.69) is 4.98 Å². The van der Waals surface area contributed by atoms with Crippen LogP contribution in [-0.4, -0.2) is 41.9 Å². The van der Waals surface area contributed by atoms with E-state index in [0.29, 0.717) is 5.56 Å². The molecule has 2 aromatic rings. The Bertz CT molecular complexity index is 1070. The van der Waals surface area contributed by atoms with Crippen molar-refractivity contribution in [3.63, 3.8) is 0 Å². The first-order valence-corrected chi connectivity index (χ1v) is 10.6. The monoisotopic (exact) mass is 436 g/mol. The van der Waals surface area contributed by atoms with Crippen molar-refractivity contribution in [1.82, 2.24) is 9.55 Å². The van der Waals surface area contributed by atoms with Crippen molar-refractivity contribution >= 4 is 13.6 Å². The summed E-state index contributed by atoms with van der Waals surface area (Å²) in [4.78, 5) is 38.1. The number of hydrogen-bond donors (Lipinski definition) is 1. The third-order valence-electron chi connectivity index (χ3n) is 4.51. The minimum absolute atomic E-state index is 0.129. The molecule has 1 N–H and O–H groups in total. The summed E-state index contributed by atoms with van der Waals surface area (Å²) in [5, 5.41) is 0. The van der Waals surface area contributed by atoms with Crippen LogP contribution in [0.1, 0.15) is 23.0 Å². The molecule has 1 saturated heterocycles. The lowest BCUT2D eigenvalue weighted by molar-refractivity contribution is -0.00817.